The number of benzene rings is 1. The molecule has 26 heavy (non-hydrogen) atoms. The van der Waals surface area contributed by atoms with Gasteiger partial charge in [-0.1, -0.05) is 18.3 Å². The first-order valence-corrected chi connectivity index (χ1v) is 9.12. The molecule has 0 spiro atoms. The SMILES string of the molecule is NC1(CN2CC(Oc3ccc4c(c3C(=O)O)O[B-](O)(O)C3C[C@H]43)C2)CC1. The molecule has 0 radical (unpaired) electrons. The fraction of sp³-hybridized carbons (Fsp3) is 0.588. The maximum atomic E-state index is 11.8. The molecule has 9 heteroatoms. The zero-order valence-corrected chi connectivity index (χ0v) is 14.3. The number of ether oxygens (including phenoxy) is 1. The minimum Gasteiger partial charge on any atom is -0.669 e. The van der Waals surface area contributed by atoms with Gasteiger partial charge in [0.2, 0.25) is 0 Å². The zero-order chi connectivity index (χ0) is 18.3. The number of hydrogen-bond donors (Lipinski definition) is 4. The van der Waals surface area contributed by atoms with Crippen molar-refractivity contribution < 1.29 is 29.3 Å². The molecule has 1 saturated heterocycles. The second kappa shape index (κ2) is 5.13. The number of aromatic carboxylic acids is 1. The fourth-order valence-electron chi connectivity index (χ4n) is 4.28. The van der Waals surface area contributed by atoms with E-state index in [1.165, 1.54) is 0 Å². The van der Waals surface area contributed by atoms with Crippen LogP contribution in [0, 0.1) is 0 Å². The van der Waals surface area contributed by atoms with Crippen molar-refractivity contribution in [1.82, 2.24) is 4.90 Å². The maximum absolute atomic E-state index is 11.8. The van der Waals surface area contributed by atoms with Crippen LogP contribution < -0.4 is 15.1 Å². The molecule has 0 aromatic heterocycles. The first kappa shape index (κ1) is 16.4. The fourth-order valence-corrected chi connectivity index (χ4v) is 4.28. The third kappa shape index (κ3) is 2.58. The molecular formula is C17H22BN2O6-. The summed E-state index contributed by atoms with van der Waals surface area (Å²) in [7, 11) is 0. The zero-order valence-electron chi connectivity index (χ0n) is 14.3. The highest BCUT2D eigenvalue weighted by atomic mass is 16.6. The molecule has 0 amide bonds. The second-order valence-electron chi connectivity index (χ2n) is 8.34. The molecular weight excluding hydrogens is 339 g/mol. The third-order valence-corrected chi connectivity index (χ3v) is 6.10. The van der Waals surface area contributed by atoms with Crippen molar-refractivity contribution in [3.63, 3.8) is 0 Å². The normalized spacial score (nSPS) is 30.4. The Morgan fingerprint density at radius 2 is 2.12 bits per heavy atom. The first-order chi connectivity index (χ1) is 12.3. The third-order valence-electron chi connectivity index (χ3n) is 6.10. The minimum absolute atomic E-state index is 0.0359. The Morgan fingerprint density at radius 1 is 1.38 bits per heavy atom. The summed E-state index contributed by atoms with van der Waals surface area (Å²) in [5, 5.41) is 29.8. The van der Waals surface area contributed by atoms with Gasteiger partial charge in [0.15, 0.2) is 0 Å². The van der Waals surface area contributed by atoms with E-state index in [1.807, 2.05) is 0 Å². The van der Waals surface area contributed by atoms with Gasteiger partial charge in [0.05, 0.1) is 5.75 Å². The highest BCUT2D eigenvalue weighted by Crippen LogP contribution is 2.63. The van der Waals surface area contributed by atoms with Gasteiger partial charge in [0.25, 0.3) is 0 Å². The summed E-state index contributed by atoms with van der Waals surface area (Å²) in [6.45, 7) is -0.776. The number of nitrogens with two attached hydrogens (primary N) is 1. The molecule has 3 fully saturated rings. The number of likely N-dealkylation sites (tertiary alicyclic amines) is 1. The molecule has 8 nitrogen and oxygen atoms in total. The number of carbonyl (C=O) groups is 1. The molecule has 1 aromatic rings. The smallest absolute Gasteiger partial charge is 0.434 e. The van der Waals surface area contributed by atoms with Gasteiger partial charge in [-0.05, 0) is 30.4 Å². The van der Waals surface area contributed by atoms with Gasteiger partial charge >= 0.3 is 12.7 Å². The van der Waals surface area contributed by atoms with Gasteiger partial charge < -0.3 is 30.3 Å². The Kier molecular flexibility index (Phi) is 3.23. The van der Waals surface area contributed by atoms with E-state index in [1.54, 1.807) is 12.1 Å². The molecule has 2 aliphatic carbocycles. The molecule has 0 bridgehead atoms. The lowest BCUT2D eigenvalue weighted by atomic mass is 9.68. The van der Waals surface area contributed by atoms with Crippen LogP contribution in [0.15, 0.2) is 12.1 Å². The van der Waals surface area contributed by atoms with E-state index < -0.39 is 12.7 Å². The van der Waals surface area contributed by atoms with E-state index >= 15 is 0 Å². The number of nitrogens with zero attached hydrogens (tertiary/aromatic N) is 1. The predicted octanol–water partition coefficient (Wildman–Crippen LogP) is 0.112. The molecule has 2 saturated carbocycles. The predicted molar refractivity (Wildman–Crippen MR) is 92.3 cm³/mol. The summed E-state index contributed by atoms with van der Waals surface area (Å²) in [4.78, 5) is 14.0. The number of rotatable bonds is 5. The summed E-state index contributed by atoms with van der Waals surface area (Å²) in [5.74, 6) is -1.35. The largest absolute Gasteiger partial charge is 0.669 e. The Hall–Kier alpha value is -1.81. The van der Waals surface area contributed by atoms with Crippen molar-refractivity contribution in [2.45, 2.75) is 42.6 Å². The van der Waals surface area contributed by atoms with E-state index in [-0.39, 0.29) is 40.4 Å². The minimum atomic E-state index is -3.02. The van der Waals surface area contributed by atoms with Crippen molar-refractivity contribution >= 4 is 12.7 Å². The summed E-state index contributed by atoms with van der Waals surface area (Å²) >= 11 is 0. The lowest BCUT2D eigenvalue weighted by Crippen LogP contribution is -2.57. The van der Waals surface area contributed by atoms with Gasteiger partial charge in [-0.25, -0.2) is 4.79 Å². The number of fused-ring (bicyclic) bond motifs is 3. The highest BCUT2D eigenvalue weighted by molar-refractivity contribution is 6.62. The summed E-state index contributed by atoms with van der Waals surface area (Å²) in [5.41, 5.74) is 6.66. The van der Waals surface area contributed by atoms with Crippen molar-refractivity contribution in [1.29, 1.82) is 0 Å². The van der Waals surface area contributed by atoms with Crippen LogP contribution >= 0.6 is 0 Å². The molecule has 1 aromatic carbocycles. The van der Waals surface area contributed by atoms with Gasteiger partial charge in [-0.2, -0.15) is 0 Å². The van der Waals surface area contributed by atoms with Crippen LogP contribution in [0.5, 0.6) is 11.5 Å². The summed E-state index contributed by atoms with van der Waals surface area (Å²) < 4.78 is 11.2. The van der Waals surface area contributed by atoms with Crippen molar-refractivity contribution in [2.75, 3.05) is 19.6 Å². The van der Waals surface area contributed by atoms with Gasteiger partial charge in [-0.3, -0.25) is 4.90 Å². The Bertz CT molecular complexity index is 790. The standard InChI is InChI=1S/C17H22BN2O6/c19-17(3-4-17)8-20-6-9(7-20)25-13-2-1-10-11-5-12(11)18(23,24)26-15(10)14(13)16(21)22/h1-2,9,11-12,23-24H,3-8,19H2,(H,21,22)/q-1/t11-,12?/m1/s1. The molecule has 5 N–H and O–H groups in total. The number of carboxylic acid groups (broad SMARTS) is 1. The van der Waals surface area contributed by atoms with Crippen LogP contribution in [-0.4, -0.2) is 64.1 Å². The average Bonchev–Trinajstić information content (AvgIpc) is 3.40. The first-order valence-electron chi connectivity index (χ1n) is 9.12. The van der Waals surface area contributed by atoms with E-state index in [2.05, 4.69) is 4.90 Å². The van der Waals surface area contributed by atoms with Crippen LogP contribution in [0.2, 0.25) is 5.82 Å². The molecule has 2 heterocycles. The van der Waals surface area contributed by atoms with Crippen molar-refractivity contribution in [2.24, 2.45) is 5.73 Å². The lowest BCUT2D eigenvalue weighted by Gasteiger charge is -2.41. The van der Waals surface area contributed by atoms with Crippen LogP contribution in [0.1, 0.15) is 41.1 Å². The van der Waals surface area contributed by atoms with Gasteiger partial charge in [-0.15, -0.1) is 0 Å². The van der Waals surface area contributed by atoms with E-state index in [9.17, 15) is 19.9 Å². The Labute approximate surface area is 150 Å². The van der Waals surface area contributed by atoms with E-state index in [4.69, 9.17) is 15.1 Å². The quantitative estimate of drug-likeness (QED) is 0.545. The monoisotopic (exact) mass is 361 g/mol. The average molecular weight is 361 g/mol. The van der Waals surface area contributed by atoms with Gasteiger partial charge in [0, 0.05) is 25.2 Å². The van der Waals surface area contributed by atoms with Crippen LogP contribution in [-0.2, 0) is 0 Å². The van der Waals surface area contributed by atoms with Crippen molar-refractivity contribution in [3.8, 4) is 11.5 Å². The topological polar surface area (TPSA) is 125 Å². The molecule has 4 aliphatic rings. The Balaban J connectivity index is 1.36. The summed E-state index contributed by atoms with van der Waals surface area (Å²) in [6.07, 6.45) is 2.59. The van der Waals surface area contributed by atoms with E-state index in [0.29, 0.717) is 19.5 Å². The van der Waals surface area contributed by atoms with Crippen molar-refractivity contribution in [3.05, 3.63) is 23.3 Å². The van der Waals surface area contributed by atoms with E-state index in [0.717, 1.165) is 24.9 Å². The van der Waals surface area contributed by atoms with Crippen LogP contribution in [0.3, 0.4) is 0 Å². The van der Waals surface area contributed by atoms with Gasteiger partial charge in [0.1, 0.15) is 17.4 Å². The number of carboxylic acids is 1. The molecule has 1 unspecified atom stereocenters. The highest BCUT2D eigenvalue weighted by Gasteiger charge is 2.55. The maximum Gasteiger partial charge on any atom is 0.434 e. The number of hydrogen-bond acceptors (Lipinski definition) is 7. The molecule has 2 aliphatic heterocycles. The summed E-state index contributed by atoms with van der Waals surface area (Å²) in [6, 6.07) is 3.44. The second-order valence-corrected chi connectivity index (χ2v) is 8.34. The lowest BCUT2D eigenvalue weighted by molar-refractivity contribution is 0.0137. The van der Waals surface area contributed by atoms with Crippen LogP contribution in [0.4, 0.5) is 0 Å². The van der Waals surface area contributed by atoms with Crippen LogP contribution in [0.25, 0.3) is 0 Å². The molecule has 140 valence electrons. The molecule has 5 rings (SSSR count). The molecule has 2 atom stereocenters. The Morgan fingerprint density at radius 3 is 2.77 bits per heavy atom.